The molecule has 0 aliphatic carbocycles. The fraction of sp³-hybridized carbons (Fsp3) is 0.500. The number of aliphatic hydroxyl groups is 2. The van der Waals surface area contributed by atoms with E-state index in [9.17, 15) is 15.0 Å². The van der Waals surface area contributed by atoms with Crippen LogP contribution in [-0.4, -0.2) is 41.4 Å². The Balaban J connectivity index is 2.90. The van der Waals surface area contributed by atoms with E-state index >= 15 is 0 Å². The van der Waals surface area contributed by atoms with Gasteiger partial charge in [0.15, 0.2) is 0 Å². The topological polar surface area (TPSA) is 72.8 Å². The minimum Gasteiger partial charge on any atom is -0.392 e. The third-order valence-corrected chi connectivity index (χ3v) is 2.50. The summed E-state index contributed by atoms with van der Waals surface area (Å²) >= 11 is 0. The van der Waals surface area contributed by atoms with Crippen molar-refractivity contribution in [1.82, 2.24) is 0 Å². The summed E-state index contributed by atoms with van der Waals surface area (Å²) < 4.78 is 0. The third-order valence-electron chi connectivity index (χ3n) is 2.50. The molecule has 5 heteroatoms. The summed E-state index contributed by atoms with van der Waals surface area (Å²) in [4.78, 5) is 12.9. The molecule has 0 saturated carbocycles. The maximum absolute atomic E-state index is 11.0. The summed E-state index contributed by atoms with van der Waals surface area (Å²) in [6.45, 7) is 5.71. The smallest absolute Gasteiger partial charge is 0.221 e. The van der Waals surface area contributed by atoms with Gasteiger partial charge in [-0.3, -0.25) is 4.79 Å². The van der Waals surface area contributed by atoms with E-state index in [-0.39, 0.29) is 5.91 Å². The number of nitrogens with zero attached hydrogens (tertiary/aromatic N) is 1. The Morgan fingerprint density at radius 1 is 1.26 bits per heavy atom. The highest BCUT2D eigenvalue weighted by Gasteiger charge is 2.12. The molecule has 0 aliphatic heterocycles. The molecule has 1 amide bonds. The number of aliphatic hydroxyl groups excluding tert-OH is 2. The van der Waals surface area contributed by atoms with Crippen molar-refractivity contribution in [3.05, 3.63) is 24.3 Å². The van der Waals surface area contributed by atoms with Crippen molar-refractivity contribution in [2.24, 2.45) is 0 Å². The summed E-state index contributed by atoms with van der Waals surface area (Å²) in [5.74, 6) is -0.130. The standard InChI is InChI=1S/C14H22N2O3/c1-10(17)8-16(9-11(2)18)14-6-4-5-13(7-14)15-12(3)19/h4-7,10-11,17-18H,8-9H2,1-3H3,(H,15,19). The van der Waals surface area contributed by atoms with E-state index in [1.807, 2.05) is 23.1 Å². The monoisotopic (exact) mass is 266 g/mol. The van der Waals surface area contributed by atoms with E-state index in [1.54, 1.807) is 19.9 Å². The zero-order valence-electron chi connectivity index (χ0n) is 11.6. The van der Waals surface area contributed by atoms with Gasteiger partial charge < -0.3 is 20.4 Å². The number of hydrogen-bond acceptors (Lipinski definition) is 4. The molecule has 0 spiro atoms. The van der Waals surface area contributed by atoms with Crippen LogP contribution >= 0.6 is 0 Å². The zero-order chi connectivity index (χ0) is 14.4. The summed E-state index contributed by atoms with van der Waals surface area (Å²) in [6, 6.07) is 7.34. The Morgan fingerprint density at radius 3 is 2.32 bits per heavy atom. The number of benzene rings is 1. The molecule has 0 heterocycles. The van der Waals surface area contributed by atoms with Crippen LogP contribution in [0.25, 0.3) is 0 Å². The Hall–Kier alpha value is -1.59. The summed E-state index contributed by atoms with van der Waals surface area (Å²) in [7, 11) is 0. The van der Waals surface area contributed by atoms with Gasteiger partial charge in [0.05, 0.1) is 12.2 Å². The normalized spacial score (nSPS) is 13.7. The van der Waals surface area contributed by atoms with Gasteiger partial charge in [-0.05, 0) is 32.0 Å². The molecule has 1 aromatic carbocycles. The van der Waals surface area contributed by atoms with E-state index in [0.29, 0.717) is 18.8 Å². The second-order valence-corrected chi connectivity index (χ2v) is 4.83. The van der Waals surface area contributed by atoms with Gasteiger partial charge in [0, 0.05) is 31.4 Å². The van der Waals surface area contributed by atoms with Crippen molar-refractivity contribution in [3.8, 4) is 0 Å². The molecule has 19 heavy (non-hydrogen) atoms. The highest BCUT2D eigenvalue weighted by molar-refractivity contribution is 5.89. The molecule has 0 aromatic heterocycles. The van der Waals surface area contributed by atoms with Crippen LogP contribution in [0.1, 0.15) is 20.8 Å². The van der Waals surface area contributed by atoms with E-state index in [0.717, 1.165) is 5.69 Å². The first-order valence-corrected chi connectivity index (χ1v) is 6.37. The number of rotatable bonds is 6. The first-order valence-electron chi connectivity index (χ1n) is 6.37. The van der Waals surface area contributed by atoms with Crippen LogP contribution in [0.3, 0.4) is 0 Å². The molecular weight excluding hydrogens is 244 g/mol. The van der Waals surface area contributed by atoms with Crippen LogP contribution < -0.4 is 10.2 Å². The number of nitrogens with one attached hydrogen (secondary N) is 1. The summed E-state index contributed by atoms with van der Waals surface area (Å²) in [5.41, 5.74) is 1.55. The SMILES string of the molecule is CC(=O)Nc1cccc(N(CC(C)O)CC(C)O)c1. The molecule has 0 radical (unpaired) electrons. The van der Waals surface area contributed by atoms with Gasteiger partial charge >= 0.3 is 0 Å². The number of hydrogen-bond donors (Lipinski definition) is 3. The van der Waals surface area contributed by atoms with Crippen molar-refractivity contribution in [3.63, 3.8) is 0 Å². The molecule has 2 atom stereocenters. The van der Waals surface area contributed by atoms with E-state index in [4.69, 9.17) is 0 Å². The lowest BCUT2D eigenvalue weighted by Gasteiger charge is -2.27. The fourth-order valence-corrected chi connectivity index (χ4v) is 1.91. The van der Waals surface area contributed by atoms with E-state index < -0.39 is 12.2 Å². The Morgan fingerprint density at radius 2 is 1.84 bits per heavy atom. The van der Waals surface area contributed by atoms with Crippen LogP contribution in [-0.2, 0) is 4.79 Å². The van der Waals surface area contributed by atoms with Crippen LogP contribution in [0.2, 0.25) is 0 Å². The van der Waals surface area contributed by atoms with Gasteiger partial charge in [0.25, 0.3) is 0 Å². The number of amides is 1. The number of anilines is 2. The largest absolute Gasteiger partial charge is 0.392 e. The molecule has 2 unspecified atom stereocenters. The van der Waals surface area contributed by atoms with Crippen LogP contribution in [0.4, 0.5) is 11.4 Å². The molecule has 3 N–H and O–H groups in total. The first kappa shape index (κ1) is 15.5. The molecule has 1 rings (SSSR count). The molecule has 0 bridgehead atoms. The summed E-state index contributed by atoms with van der Waals surface area (Å²) in [6.07, 6.45) is -0.994. The lowest BCUT2D eigenvalue weighted by Crippen LogP contribution is -2.36. The molecule has 0 aliphatic rings. The second kappa shape index (κ2) is 7.11. The minimum atomic E-state index is -0.497. The Labute approximate surface area is 113 Å². The Bertz CT molecular complexity index is 409. The molecule has 0 saturated heterocycles. The highest BCUT2D eigenvalue weighted by Crippen LogP contribution is 2.20. The predicted molar refractivity (Wildman–Crippen MR) is 76.3 cm³/mol. The van der Waals surface area contributed by atoms with Gasteiger partial charge in [0.1, 0.15) is 0 Å². The molecule has 5 nitrogen and oxygen atoms in total. The quantitative estimate of drug-likeness (QED) is 0.723. The van der Waals surface area contributed by atoms with Crippen molar-refractivity contribution < 1.29 is 15.0 Å². The van der Waals surface area contributed by atoms with Crippen LogP contribution in [0.5, 0.6) is 0 Å². The molecule has 0 fully saturated rings. The average molecular weight is 266 g/mol. The van der Waals surface area contributed by atoms with Gasteiger partial charge in [0.2, 0.25) is 5.91 Å². The van der Waals surface area contributed by atoms with Crippen molar-refractivity contribution in [1.29, 1.82) is 0 Å². The average Bonchev–Trinajstić information content (AvgIpc) is 2.26. The Kier molecular flexibility index (Phi) is 5.79. The first-order chi connectivity index (χ1) is 8.88. The van der Waals surface area contributed by atoms with Crippen molar-refractivity contribution >= 4 is 17.3 Å². The zero-order valence-corrected chi connectivity index (χ0v) is 11.6. The van der Waals surface area contributed by atoms with E-state index in [2.05, 4.69) is 5.32 Å². The predicted octanol–water partition coefficient (Wildman–Crippen LogP) is 1.21. The van der Waals surface area contributed by atoms with Gasteiger partial charge in [-0.25, -0.2) is 0 Å². The van der Waals surface area contributed by atoms with Crippen LogP contribution in [0, 0.1) is 0 Å². The van der Waals surface area contributed by atoms with Gasteiger partial charge in [-0.1, -0.05) is 6.07 Å². The van der Waals surface area contributed by atoms with Gasteiger partial charge in [-0.15, -0.1) is 0 Å². The van der Waals surface area contributed by atoms with Crippen LogP contribution in [0.15, 0.2) is 24.3 Å². The minimum absolute atomic E-state index is 0.130. The maximum Gasteiger partial charge on any atom is 0.221 e. The van der Waals surface area contributed by atoms with Crippen molar-refractivity contribution in [2.45, 2.75) is 33.0 Å². The number of carbonyl (C=O) groups excluding carboxylic acids is 1. The number of carbonyl (C=O) groups is 1. The van der Waals surface area contributed by atoms with Crippen molar-refractivity contribution in [2.75, 3.05) is 23.3 Å². The molecular formula is C14H22N2O3. The maximum atomic E-state index is 11.0. The lowest BCUT2D eigenvalue weighted by molar-refractivity contribution is -0.114. The van der Waals surface area contributed by atoms with Gasteiger partial charge in [-0.2, -0.15) is 0 Å². The highest BCUT2D eigenvalue weighted by atomic mass is 16.3. The second-order valence-electron chi connectivity index (χ2n) is 4.83. The van der Waals surface area contributed by atoms with E-state index in [1.165, 1.54) is 6.92 Å². The molecule has 1 aromatic rings. The summed E-state index contributed by atoms with van der Waals surface area (Å²) in [5, 5.41) is 21.8. The molecule has 106 valence electrons. The lowest BCUT2D eigenvalue weighted by atomic mass is 10.2. The fourth-order valence-electron chi connectivity index (χ4n) is 1.91. The third kappa shape index (κ3) is 5.72.